The number of benzene rings is 1. The molecular weight excluding hydrogens is 309 g/mol. The van der Waals surface area contributed by atoms with Gasteiger partial charge in [0, 0.05) is 24.6 Å². The lowest BCUT2D eigenvalue weighted by Crippen LogP contribution is -2.18. The van der Waals surface area contributed by atoms with Crippen LogP contribution < -0.4 is 10.1 Å². The number of fused-ring (bicyclic) bond motifs is 1. The summed E-state index contributed by atoms with van der Waals surface area (Å²) in [6, 6.07) is 3.00. The SMILES string of the molecule is COc1cc2c(NCCCOC3CCCCC3)ncnc2cc1F. The van der Waals surface area contributed by atoms with E-state index in [1.54, 1.807) is 6.07 Å². The molecule has 1 fully saturated rings. The van der Waals surface area contributed by atoms with Crippen molar-refractivity contribution in [3.05, 3.63) is 24.3 Å². The van der Waals surface area contributed by atoms with E-state index < -0.39 is 5.82 Å². The van der Waals surface area contributed by atoms with E-state index in [0.29, 0.717) is 17.4 Å². The highest BCUT2D eigenvalue weighted by atomic mass is 19.1. The average molecular weight is 333 g/mol. The second kappa shape index (κ2) is 8.24. The number of ether oxygens (including phenoxy) is 2. The summed E-state index contributed by atoms with van der Waals surface area (Å²) >= 11 is 0. The Bertz CT molecular complexity index is 675. The molecule has 1 heterocycles. The van der Waals surface area contributed by atoms with Gasteiger partial charge < -0.3 is 14.8 Å². The van der Waals surface area contributed by atoms with Gasteiger partial charge in [-0.3, -0.25) is 0 Å². The molecule has 130 valence electrons. The third kappa shape index (κ3) is 4.12. The fourth-order valence-electron chi connectivity index (χ4n) is 3.12. The molecule has 5 nitrogen and oxygen atoms in total. The smallest absolute Gasteiger partial charge is 0.167 e. The molecule has 0 spiro atoms. The molecule has 1 aromatic carbocycles. The molecule has 0 saturated heterocycles. The number of methoxy groups -OCH3 is 1. The van der Waals surface area contributed by atoms with E-state index in [4.69, 9.17) is 9.47 Å². The molecule has 0 bridgehead atoms. The van der Waals surface area contributed by atoms with E-state index in [1.165, 1.54) is 51.6 Å². The molecule has 1 N–H and O–H groups in total. The zero-order valence-corrected chi connectivity index (χ0v) is 14.1. The van der Waals surface area contributed by atoms with Crippen LogP contribution in [0.15, 0.2) is 18.5 Å². The van der Waals surface area contributed by atoms with Gasteiger partial charge in [0.1, 0.15) is 12.1 Å². The van der Waals surface area contributed by atoms with Crippen LogP contribution >= 0.6 is 0 Å². The fraction of sp³-hybridized carbons (Fsp3) is 0.556. The first-order valence-electron chi connectivity index (χ1n) is 8.61. The van der Waals surface area contributed by atoms with Crippen molar-refractivity contribution in [3.8, 4) is 5.75 Å². The van der Waals surface area contributed by atoms with Gasteiger partial charge in [-0.05, 0) is 25.3 Å². The van der Waals surface area contributed by atoms with E-state index in [-0.39, 0.29) is 5.75 Å². The van der Waals surface area contributed by atoms with Gasteiger partial charge in [-0.15, -0.1) is 0 Å². The summed E-state index contributed by atoms with van der Waals surface area (Å²) in [5.41, 5.74) is 0.559. The Morgan fingerprint density at radius 2 is 2.04 bits per heavy atom. The lowest BCUT2D eigenvalue weighted by Gasteiger charge is -2.22. The van der Waals surface area contributed by atoms with Crippen molar-refractivity contribution < 1.29 is 13.9 Å². The highest BCUT2D eigenvalue weighted by Crippen LogP contribution is 2.27. The molecule has 0 unspecified atom stereocenters. The maximum absolute atomic E-state index is 13.8. The summed E-state index contributed by atoms with van der Waals surface area (Å²) in [6.45, 7) is 1.50. The summed E-state index contributed by atoms with van der Waals surface area (Å²) < 4.78 is 24.7. The summed E-state index contributed by atoms with van der Waals surface area (Å²) in [5, 5.41) is 4.04. The number of rotatable bonds is 7. The third-order valence-electron chi connectivity index (χ3n) is 4.43. The Morgan fingerprint density at radius 1 is 1.21 bits per heavy atom. The first-order valence-corrected chi connectivity index (χ1v) is 8.61. The Labute approximate surface area is 141 Å². The molecule has 1 aliphatic rings. The number of nitrogens with one attached hydrogen (secondary N) is 1. The number of aromatic nitrogens is 2. The second-order valence-electron chi connectivity index (χ2n) is 6.14. The highest BCUT2D eigenvalue weighted by molar-refractivity contribution is 5.90. The van der Waals surface area contributed by atoms with Crippen LogP contribution in [0.4, 0.5) is 10.2 Å². The molecule has 0 aliphatic heterocycles. The maximum Gasteiger partial charge on any atom is 0.167 e. The van der Waals surface area contributed by atoms with Gasteiger partial charge in [0.25, 0.3) is 0 Å². The van der Waals surface area contributed by atoms with Crippen molar-refractivity contribution in [1.82, 2.24) is 9.97 Å². The minimum Gasteiger partial charge on any atom is -0.494 e. The van der Waals surface area contributed by atoms with E-state index in [9.17, 15) is 4.39 Å². The van der Waals surface area contributed by atoms with Crippen LogP contribution in [0.25, 0.3) is 10.9 Å². The van der Waals surface area contributed by atoms with E-state index in [1.807, 2.05) is 0 Å². The fourth-order valence-corrected chi connectivity index (χ4v) is 3.12. The lowest BCUT2D eigenvalue weighted by atomic mass is 9.98. The maximum atomic E-state index is 13.8. The first-order chi connectivity index (χ1) is 11.8. The van der Waals surface area contributed by atoms with Crippen molar-refractivity contribution >= 4 is 16.7 Å². The zero-order chi connectivity index (χ0) is 16.8. The van der Waals surface area contributed by atoms with E-state index in [0.717, 1.165) is 25.0 Å². The summed E-state index contributed by atoms with van der Waals surface area (Å²) in [5.74, 6) is 0.465. The van der Waals surface area contributed by atoms with Gasteiger partial charge in [0.2, 0.25) is 0 Å². The Balaban J connectivity index is 1.54. The normalized spacial score (nSPS) is 15.6. The lowest BCUT2D eigenvalue weighted by molar-refractivity contribution is 0.0284. The van der Waals surface area contributed by atoms with Gasteiger partial charge in [-0.1, -0.05) is 19.3 Å². The van der Waals surface area contributed by atoms with Gasteiger partial charge in [0.15, 0.2) is 11.6 Å². The Kier molecular flexibility index (Phi) is 5.80. The monoisotopic (exact) mass is 333 g/mol. The van der Waals surface area contributed by atoms with Gasteiger partial charge in [-0.2, -0.15) is 0 Å². The van der Waals surface area contributed by atoms with Crippen molar-refractivity contribution in [3.63, 3.8) is 0 Å². The molecule has 3 rings (SSSR count). The van der Waals surface area contributed by atoms with Crippen LogP contribution in [0.1, 0.15) is 38.5 Å². The number of hydrogen-bond acceptors (Lipinski definition) is 5. The van der Waals surface area contributed by atoms with Crippen molar-refractivity contribution in [2.75, 3.05) is 25.6 Å². The van der Waals surface area contributed by atoms with Crippen molar-refractivity contribution in [2.45, 2.75) is 44.6 Å². The predicted octanol–water partition coefficient (Wildman–Crippen LogP) is 3.93. The van der Waals surface area contributed by atoms with Gasteiger partial charge in [-0.25, -0.2) is 14.4 Å². The number of nitrogens with zero attached hydrogens (tertiary/aromatic N) is 2. The van der Waals surface area contributed by atoms with Gasteiger partial charge >= 0.3 is 0 Å². The van der Waals surface area contributed by atoms with Crippen LogP contribution in [0.2, 0.25) is 0 Å². The van der Waals surface area contributed by atoms with E-state index in [2.05, 4.69) is 15.3 Å². The van der Waals surface area contributed by atoms with Crippen LogP contribution in [-0.4, -0.2) is 36.3 Å². The minimum absolute atomic E-state index is 0.195. The quantitative estimate of drug-likeness (QED) is 0.778. The molecule has 0 radical (unpaired) electrons. The molecule has 24 heavy (non-hydrogen) atoms. The predicted molar refractivity (Wildman–Crippen MR) is 92.0 cm³/mol. The summed E-state index contributed by atoms with van der Waals surface area (Å²) in [7, 11) is 1.45. The van der Waals surface area contributed by atoms with Crippen molar-refractivity contribution in [1.29, 1.82) is 0 Å². The standard InChI is InChI=1S/C18H24FN3O2/c1-23-17-10-14-16(11-15(17)19)21-12-22-18(14)20-8-5-9-24-13-6-3-2-4-7-13/h10-13H,2-9H2,1H3,(H,20,21,22). The molecule has 1 saturated carbocycles. The average Bonchev–Trinajstić information content (AvgIpc) is 2.61. The van der Waals surface area contributed by atoms with Crippen molar-refractivity contribution in [2.24, 2.45) is 0 Å². The molecule has 0 atom stereocenters. The van der Waals surface area contributed by atoms with Crippen LogP contribution in [0.3, 0.4) is 0 Å². The first kappa shape index (κ1) is 16.9. The van der Waals surface area contributed by atoms with E-state index >= 15 is 0 Å². The summed E-state index contributed by atoms with van der Waals surface area (Å²) in [4.78, 5) is 8.37. The Morgan fingerprint density at radius 3 is 2.83 bits per heavy atom. The molecule has 6 heteroatoms. The minimum atomic E-state index is -0.421. The Hall–Kier alpha value is -1.95. The molecule has 2 aromatic rings. The topological polar surface area (TPSA) is 56.3 Å². The second-order valence-corrected chi connectivity index (χ2v) is 6.14. The molecule has 1 aliphatic carbocycles. The zero-order valence-electron chi connectivity index (χ0n) is 14.1. The van der Waals surface area contributed by atoms with Crippen LogP contribution in [0, 0.1) is 5.82 Å². The number of anilines is 1. The molecular formula is C18H24FN3O2. The van der Waals surface area contributed by atoms with Crippen LogP contribution in [-0.2, 0) is 4.74 Å². The highest BCUT2D eigenvalue weighted by Gasteiger charge is 2.13. The third-order valence-corrected chi connectivity index (χ3v) is 4.43. The largest absolute Gasteiger partial charge is 0.494 e. The molecule has 0 amide bonds. The number of halogens is 1. The van der Waals surface area contributed by atoms with Crippen LogP contribution in [0.5, 0.6) is 5.75 Å². The number of hydrogen-bond donors (Lipinski definition) is 1. The van der Waals surface area contributed by atoms with Gasteiger partial charge in [0.05, 0.1) is 18.7 Å². The summed E-state index contributed by atoms with van der Waals surface area (Å²) in [6.07, 6.45) is 9.07. The molecule has 1 aromatic heterocycles.